The highest BCUT2D eigenvalue weighted by molar-refractivity contribution is 6.32. The monoisotopic (exact) mass is 567 g/mol. The van der Waals surface area contributed by atoms with Crippen molar-refractivity contribution in [1.82, 2.24) is 19.8 Å². The summed E-state index contributed by atoms with van der Waals surface area (Å²) in [5.41, 5.74) is 1.98. The third kappa shape index (κ3) is 5.40. The van der Waals surface area contributed by atoms with E-state index in [0.29, 0.717) is 43.8 Å². The predicted molar refractivity (Wildman–Crippen MR) is 150 cm³/mol. The van der Waals surface area contributed by atoms with E-state index in [4.69, 9.17) is 16.3 Å². The van der Waals surface area contributed by atoms with Crippen molar-refractivity contribution in [2.45, 2.75) is 25.7 Å². The Hall–Kier alpha value is -3.92. The molecule has 1 atom stereocenters. The van der Waals surface area contributed by atoms with Gasteiger partial charge < -0.3 is 24.5 Å². The van der Waals surface area contributed by atoms with Crippen LogP contribution in [0.25, 0.3) is 10.9 Å². The van der Waals surface area contributed by atoms with Gasteiger partial charge in [-0.05, 0) is 23.3 Å². The molecule has 2 heterocycles. The fraction of sp³-hybridized carbons (Fsp3) is 0.379. The topological polar surface area (TPSA) is 99.1 Å². The second kappa shape index (κ2) is 11.3. The molecule has 2 aromatic carbocycles. The number of aliphatic hydroxyl groups excluding tert-OH is 1. The molecule has 1 N–H and O–H groups in total. The van der Waals surface area contributed by atoms with Crippen molar-refractivity contribution in [3.8, 4) is 6.01 Å². The normalized spacial score (nSPS) is 16.9. The number of carbonyl (C=O) groups is 2. The molecule has 1 saturated heterocycles. The van der Waals surface area contributed by atoms with Crippen LogP contribution in [0.2, 0.25) is 5.02 Å². The van der Waals surface area contributed by atoms with E-state index in [9.17, 15) is 14.7 Å². The molecule has 2 aliphatic rings. The van der Waals surface area contributed by atoms with Gasteiger partial charge in [-0.15, -0.1) is 0 Å². The third-order valence-electron chi connectivity index (χ3n) is 7.38. The minimum absolute atomic E-state index is 0.00965. The Morgan fingerprint density at radius 3 is 2.60 bits per heavy atom. The van der Waals surface area contributed by atoms with Crippen molar-refractivity contribution in [3.05, 3.63) is 69.7 Å². The Labute approximate surface area is 236 Å². The highest BCUT2D eigenvalue weighted by Crippen LogP contribution is 2.42. The molecule has 40 heavy (non-hydrogen) atoms. The number of allylic oxidation sites excluding steroid dienone is 2. The number of anilines is 1. The second-order valence-corrected chi connectivity index (χ2v) is 10.6. The first-order chi connectivity index (χ1) is 19.1. The Morgan fingerprint density at radius 2 is 1.90 bits per heavy atom. The number of hydrogen-bond acceptors (Lipinski definition) is 7. The maximum absolute atomic E-state index is 16.5. The summed E-state index contributed by atoms with van der Waals surface area (Å²) in [5, 5.41) is 11.1. The summed E-state index contributed by atoms with van der Waals surface area (Å²) in [6.45, 7) is 3.50. The number of aliphatic hydroxyl groups is 1. The van der Waals surface area contributed by atoms with Gasteiger partial charge >= 0.3 is 6.01 Å². The fourth-order valence-electron chi connectivity index (χ4n) is 5.23. The number of piperazine rings is 1. The Balaban J connectivity index is 1.60. The number of carbonyl (C=O) groups excluding carboxylic acids is 2. The zero-order valence-electron chi connectivity index (χ0n) is 22.7. The molecule has 1 aliphatic heterocycles. The number of aromatic nitrogens is 2. The summed E-state index contributed by atoms with van der Waals surface area (Å²) in [7, 11) is 3.31. The first-order valence-corrected chi connectivity index (χ1v) is 13.5. The molecule has 0 unspecified atom stereocenters. The van der Waals surface area contributed by atoms with Gasteiger partial charge in [0, 0.05) is 75.5 Å². The molecule has 3 aromatic rings. The van der Waals surface area contributed by atoms with Crippen molar-refractivity contribution in [1.29, 1.82) is 0 Å². The van der Waals surface area contributed by atoms with Gasteiger partial charge in [0.2, 0.25) is 11.8 Å². The predicted octanol–water partition coefficient (Wildman–Crippen LogP) is 4.08. The molecule has 9 nitrogen and oxygen atoms in total. The number of benzene rings is 2. The van der Waals surface area contributed by atoms with Crippen LogP contribution in [0.5, 0.6) is 6.01 Å². The number of ether oxygens (including phenoxy) is 1. The van der Waals surface area contributed by atoms with Crippen LogP contribution in [0, 0.1) is 5.82 Å². The van der Waals surface area contributed by atoms with E-state index < -0.39 is 11.7 Å². The summed E-state index contributed by atoms with van der Waals surface area (Å²) in [5.74, 6) is -0.791. The van der Waals surface area contributed by atoms with Crippen molar-refractivity contribution in [2.24, 2.45) is 0 Å². The maximum atomic E-state index is 16.5. The highest BCUT2D eigenvalue weighted by Gasteiger charge is 2.30. The largest absolute Gasteiger partial charge is 0.512 e. The van der Waals surface area contributed by atoms with Gasteiger partial charge in [0.15, 0.2) is 5.82 Å². The minimum Gasteiger partial charge on any atom is -0.512 e. The molecule has 210 valence electrons. The molecule has 11 heteroatoms. The Bertz CT molecular complexity index is 1500. The lowest BCUT2D eigenvalue weighted by Crippen LogP contribution is -2.48. The van der Waals surface area contributed by atoms with Gasteiger partial charge in [0.25, 0.3) is 0 Å². The summed E-state index contributed by atoms with van der Waals surface area (Å²) in [4.78, 5) is 38.1. The quantitative estimate of drug-likeness (QED) is 0.479. The van der Waals surface area contributed by atoms with E-state index >= 15 is 4.39 Å². The van der Waals surface area contributed by atoms with E-state index in [2.05, 4.69) is 9.97 Å². The van der Waals surface area contributed by atoms with Crippen LogP contribution in [-0.4, -0.2) is 83.6 Å². The molecular formula is C29H31ClFN5O4. The van der Waals surface area contributed by atoms with E-state index in [1.54, 1.807) is 31.1 Å². The number of hydrogen-bond donors (Lipinski definition) is 1. The van der Waals surface area contributed by atoms with E-state index in [1.807, 2.05) is 29.2 Å². The molecule has 0 saturated carbocycles. The van der Waals surface area contributed by atoms with Crippen LogP contribution in [0.1, 0.15) is 36.0 Å². The molecule has 0 radical (unpaired) electrons. The average Bonchev–Trinajstić information content (AvgIpc) is 2.93. The van der Waals surface area contributed by atoms with Gasteiger partial charge in [0.1, 0.15) is 17.9 Å². The molecular weight excluding hydrogens is 537 g/mol. The van der Waals surface area contributed by atoms with Crippen LogP contribution >= 0.6 is 11.6 Å². The van der Waals surface area contributed by atoms with E-state index in [-0.39, 0.29) is 52.7 Å². The summed E-state index contributed by atoms with van der Waals surface area (Å²) >= 11 is 6.77. The zero-order valence-corrected chi connectivity index (χ0v) is 23.4. The summed E-state index contributed by atoms with van der Waals surface area (Å²) < 4.78 is 22.3. The van der Waals surface area contributed by atoms with Crippen molar-refractivity contribution >= 4 is 40.1 Å². The molecule has 1 aliphatic carbocycles. The third-order valence-corrected chi connectivity index (χ3v) is 7.69. The van der Waals surface area contributed by atoms with Crippen LogP contribution in [0.3, 0.4) is 0 Å². The van der Waals surface area contributed by atoms with E-state index in [0.717, 1.165) is 11.1 Å². The maximum Gasteiger partial charge on any atom is 0.319 e. The summed E-state index contributed by atoms with van der Waals surface area (Å²) in [6.07, 6.45) is 2.09. The van der Waals surface area contributed by atoms with Crippen molar-refractivity contribution < 1.29 is 23.8 Å². The Morgan fingerprint density at radius 1 is 1.18 bits per heavy atom. The molecule has 0 bridgehead atoms. The van der Waals surface area contributed by atoms with Gasteiger partial charge in [-0.3, -0.25) is 9.59 Å². The highest BCUT2D eigenvalue weighted by atomic mass is 35.5. The number of fused-ring (bicyclic) bond motifs is 2. The minimum atomic E-state index is -0.631. The van der Waals surface area contributed by atoms with Crippen LogP contribution in [0.15, 0.2) is 42.2 Å². The van der Waals surface area contributed by atoms with Crippen molar-refractivity contribution in [3.63, 3.8) is 0 Å². The number of nitrogens with zero attached hydrogens (tertiary/aromatic N) is 5. The molecule has 5 rings (SSSR count). The smallest absolute Gasteiger partial charge is 0.319 e. The number of rotatable bonds is 6. The SMILES string of the molecule is CC(=O)N1CCN(c2nc(OCCC(=O)N(C)C)nc3c(F)c([C@H]4C=C(O)Cc5ccccc54)c(Cl)cc23)CC1. The zero-order chi connectivity index (χ0) is 28.6. The fourth-order valence-corrected chi connectivity index (χ4v) is 5.54. The standard InChI is InChI=1S/C29H31ClFN5O4/c1-17(37)35-9-11-36(12-10-35)28-22-16-23(30)25(21-15-19(38)14-18-6-4-5-7-20(18)21)26(31)27(22)32-29(33-28)40-13-8-24(39)34(2)3/h4-7,15-16,21,38H,8-14H2,1-3H3/t21-/m0/s1. The van der Waals surface area contributed by atoms with Gasteiger partial charge in [-0.1, -0.05) is 35.9 Å². The lowest BCUT2D eigenvalue weighted by molar-refractivity contribution is -0.130. The van der Waals surface area contributed by atoms with Gasteiger partial charge in [0.05, 0.1) is 12.2 Å². The first-order valence-electron chi connectivity index (χ1n) is 13.1. The Kier molecular flexibility index (Phi) is 7.80. The second-order valence-electron chi connectivity index (χ2n) is 10.2. The van der Waals surface area contributed by atoms with Crippen LogP contribution in [-0.2, 0) is 16.0 Å². The number of halogens is 2. The molecule has 2 amide bonds. The van der Waals surface area contributed by atoms with Gasteiger partial charge in [-0.25, -0.2) is 4.39 Å². The molecule has 1 aromatic heterocycles. The van der Waals surface area contributed by atoms with E-state index in [1.165, 1.54) is 11.8 Å². The number of amides is 2. The lowest BCUT2D eigenvalue weighted by Gasteiger charge is -2.35. The first kappa shape index (κ1) is 27.6. The van der Waals surface area contributed by atoms with Crippen LogP contribution < -0.4 is 9.64 Å². The van der Waals surface area contributed by atoms with Crippen LogP contribution in [0.4, 0.5) is 10.2 Å². The summed E-state index contributed by atoms with van der Waals surface area (Å²) in [6, 6.07) is 9.15. The van der Waals surface area contributed by atoms with Gasteiger partial charge in [-0.2, -0.15) is 9.97 Å². The average molecular weight is 568 g/mol. The molecule has 0 spiro atoms. The molecule has 1 fully saturated rings. The lowest BCUT2D eigenvalue weighted by atomic mass is 9.82. The van der Waals surface area contributed by atoms with Crippen molar-refractivity contribution in [2.75, 3.05) is 51.8 Å².